The summed E-state index contributed by atoms with van der Waals surface area (Å²) in [5, 5.41) is 24.1. The number of rotatable bonds is 3. The number of carbonyl (C=O) groups is 1. The van der Waals surface area contributed by atoms with Crippen molar-refractivity contribution in [1.82, 2.24) is 9.88 Å². The summed E-state index contributed by atoms with van der Waals surface area (Å²) in [6.07, 6.45) is 5.29. The van der Waals surface area contributed by atoms with Gasteiger partial charge in [0.1, 0.15) is 6.10 Å². The van der Waals surface area contributed by atoms with Crippen LogP contribution in [0.25, 0.3) is 10.2 Å². The molecule has 2 heterocycles. The first kappa shape index (κ1) is 19.3. The largest absolute Gasteiger partial charge is 0.446 e. The lowest BCUT2D eigenvalue weighted by Gasteiger charge is -2.57. The minimum atomic E-state index is -0.507. The zero-order valence-electron chi connectivity index (χ0n) is 17.3. The third kappa shape index (κ3) is 3.44. The lowest BCUT2D eigenvalue weighted by molar-refractivity contribution is -0.177. The van der Waals surface area contributed by atoms with E-state index in [4.69, 9.17) is 10.00 Å². The van der Waals surface area contributed by atoms with E-state index in [9.17, 15) is 9.90 Å². The van der Waals surface area contributed by atoms with Crippen molar-refractivity contribution in [2.24, 2.45) is 17.8 Å². The number of nitrogens with zero attached hydrogens (tertiary/aromatic N) is 3. The van der Waals surface area contributed by atoms with Crippen LogP contribution in [0.4, 0.5) is 9.93 Å². The van der Waals surface area contributed by atoms with Crippen LogP contribution in [0.3, 0.4) is 0 Å². The molecule has 4 bridgehead atoms. The van der Waals surface area contributed by atoms with Gasteiger partial charge in [0, 0.05) is 19.1 Å². The lowest BCUT2D eigenvalue weighted by Crippen LogP contribution is -2.58. The smallest absolute Gasteiger partial charge is 0.410 e. The van der Waals surface area contributed by atoms with Crippen LogP contribution >= 0.6 is 11.3 Å². The first-order valence-corrected chi connectivity index (χ1v) is 12.0. The molecule has 4 saturated carbocycles. The third-order valence-electron chi connectivity index (χ3n) is 7.68. The predicted molar refractivity (Wildman–Crippen MR) is 117 cm³/mol. The topological polar surface area (TPSA) is 98.5 Å². The average Bonchev–Trinajstić information content (AvgIpc) is 3.35. The highest BCUT2D eigenvalue weighted by Gasteiger charge is 2.56. The van der Waals surface area contributed by atoms with Crippen LogP contribution in [0.2, 0.25) is 0 Å². The second kappa shape index (κ2) is 7.07. The summed E-state index contributed by atoms with van der Waals surface area (Å²) in [5.74, 6) is 1.24. The van der Waals surface area contributed by atoms with Gasteiger partial charge in [0.15, 0.2) is 5.13 Å². The van der Waals surface area contributed by atoms with Gasteiger partial charge >= 0.3 is 6.09 Å². The van der Waals surface area contributed by atoms with Gasteiger partial charge in [-0.25, -0.2) is 9.78 Å². The molecule has 5 aliphatic rings. The van der Waals surface area contributed by atoms with Crippen molar-refractivity contribution in [2.75, 3.05) is 18.4 Å². The average molecular weight is 439 g/mol. The molecule has 1 saturated heterocycles. The van der Waals surface area contributed by atoms with Gasteiger partial charge in [0.2, 0.25) is 0 Å². The van der Waals surface area contributed by atoms with Crippen molar-refractivity contribution in [3.05, 3.63) is 23.8 Å². The molecule has 4 aliphatic carbocycles. The lowest BCUT2D eigenvalue weighted by atomic mass is 9.53. The van der Waals surface area contributed by atoms with E-state index in [0.717, 1.165) is 53.9 Å². The number of ether oxygens (including phenoxy) is 1. The Kier molecular flexibility index (Phi) is 4.41. The van der Waals surface area contributed by atoms with E-state index < -0.39 is 5.60 Å². The van der Waals surface area contributed by atoms with Crippen molar-refractivity contribution in [1.29, 1.82) is 5.26 Å². The second-order valence-electron chi connectivity index (χ2n) is 9.93. The molecule has 1 amide bonds. The van der Waals surface area contributed by atoms with Gasteiger partial charge in [-0.3, -0.25) is 0 Å². The van der Waals surface area contributed by atoms with E-state index in [-0.39, 0.29) is 18.2 Å². The number of aliphatic hydroxyl groups is 1. The number of thiazole rings is 1. The van der Waals surface area contributed by atoms with Crippen molar-refractivity contribution >= 4 is 32.8 Å². The fourth-order valence-corrected chi connectivity index (χ4v) is 7.57. The Bertz CT molecular complexity index is 1060. The number of nitrogens with one attached hydrogen (secondary N) is 1. The van der Waals surface area contributed by atoms with Gasteiger partial charge in [0.05, 0.1) is 27.5 Å². The molecule has 7 nitrogen and oxygen atoms in total. The third-order valence-corrected chi connectivity index (χ3v) is 8.63. The summed E-state index contributed by atoms with van der Waals surface area (Å²) >= 11 is 1.54. The van der Waals surface area contributed by atoms with Crippen molar-refractivity contribution in [3.63, 3.8) is 0 Å². The highest BCUT2D eigenvalue weighted by Crippen LogP contribution is 2.56. The van der Waals surface area contributed by atoms with Gasteiger partial charge in [-0.2, -0.15) is 5.26 Å². The van der Waals surface area contributed by atoms with E-state index in [1.54, 1.807) is 11.0 Å². The number of carbonyl (C=O) groups excluding carboxylic acids is 1. The molecule has 0 spiro atoms. The zero-order chi connectivity index (χ0) is 21.2. The summed E-state index contributed by atoms with van der Waals surface area (Å²) in [5.41, 5.74) is 1.01. The first-order chi connectivity index (χ1) is 15.0. The van der Waals surface area contributed by atoms with Crippen molar-refractivity contribution < 1.29 is 14.6 Å². The van der Waals surface area contributed by atoms with Crippen LogP contribution in [0.15, 0.2) is 18.2 Å². The van der Waals surface area contributed by atoms with Crippen molar-refractivity contribution in [3.8, 4) is 6.07 Å². The number of benzene rings is 1. The number of amides is 1. The normalized spacial score (nSPS) is 36.0. The molecule has 2 aromatic rings. The van der Waals surface area contributed by atoms with E-state index in [2.05, 4.69) is 16.4 Å². The van der Waals surface area contributed by atoms with Gasteiger partial charge in [0.25, 0.3) is 0 Å². The first-order valence-electron chi connectivity index (χ1n) is 11.2. The van der Waals surface area contributed by atoms with Crippen LogP contribution < -0.4 is 5.32 Å². The minimum absolute atomic E-state index is 0.0325. The Morgan fingerprint density at radius 3 is 2.87 bits per heavy atom. The molecule has 3 unspecified atom stereocenters. The molecular formula is C23H26N4O3S. The molecule has 1 aromatic carbocycles. The highest BCUT2D eigenvalue weighted by atomic mass is 32.1. The molecular weight excluding hydrogens is 412 g/mol. The molecule has 162 valence electrons. The van der Waals surface area contributed by atoms with Crippen LogP contribution in [-0.4, -0.2) is 51.9 Å². The number of hydrogen-bond acceptors (Lipinski definition) is 7. The van der Waals surface area contributed by atoms with Gasteiger partial charge in [-0.1, -0.05) is 11.3 Å². The van der Waals surface area contributed by atoms with Crippen LogP contribution in [0.5, 0.6) is 0 Å². The molecule has 1 aliphatic heterocycles. The maximum absolute atomic E-state index is 12.9. The van der Waals surface area contributed by atoms with Gasteiger partial charge in [-0.15, -0.1) is 0 Å². The molecule has 0 radical (unpaired) electrons. The fourth-order valence-electron chi connectivity index (χ4n) is 6.59. The summed E-state index contributed by atoms with van der Waals surface area (Å²) in [6, 6.07) is 7.81. The maximum Gasteiger partial charge on any atom is 0.410 e. The Hall–Kier alpha value is -2.37. The standard InChI is InChI=1S/C23H26N4O3S/c24-11-13-1-2-18-19(7-13)31-21(26-18)25-17-3-4-27(12-17)22(28)30-20-15-5-14-6-16(20)10-23(29,8-14)9-15/h1-2,7,14-17,20,29H,3-6,8-10,12H2,(H,25,26). The van der Waals surface area contributed by atoms with Gasteiger partial charge < -0.3 is 20.1 Å². The van der Waals surface area contributed by atoms with E-state index in [1.165, 1.54) is 11.3 Å². The number of anilines is 1. The zero-order valence-corrected chi connectivity index (χ0v) is 18.1. The number of fused-ring (bicyclic) bond motifs is 1. The summed E-state index contributed by atoms with van der Waals surface area (Å²) in [4.78, 5) is 19.3. The Labute approximate surface area is 185 Å². The summed E-state index contributed by atoms with van der Waals surface area (Å²) < 4.78 is 7.02. The van der Waals surface area contributed by atoms with Crippen LogP contribution in [-0.2, 0) is 4.74 Å². The Morgan fingerprint density at radius 1 is 1.32 bits per heavy atom. The van der Waals surface area contributed by atoms with Gasteiger partial charge in [-0.05, 0) is 74.5 Å². The van der Waals surface area contributed by atoms with E-state index in [0.29, 0.717) is 36.4 Å². The Balaban J connectivity index is 1.07. The maximum atomic E-state index is 12.9. The summed E-state index contributed by atoms with van der Waals surface area (Å²) in [6.45, 7) is 1.28. The molecule has 7 rings (SSSR count). The quantitative estimate of drug-likeness (QED) is 0.758. The van der Waals surface area contributed by atoms with Crippen molar-refractivity contribution in [2.45, 2.75) is 56.3 Å². The molecule has 5 fully saturated rings. The Morgan fingerprint density at radius 2 is 2.13 bits per heavy atom. The van der Waals surface area contributed by atoms with E-state index >= 15 is 0 Å². The molecule has 31 heavy (non-hydrogen) atoms. The number of likely N-dealkylation sites (tertiary alicyclic amines) is 1. The monoisotopic (exact) mass is 438 g/mol. The molecule has 8 heteroatoms. The summed E-state index contributed by atoms with van der Waals surface area (Å²) in [7, 11) is 0. The molecule has 2 N–H and O–H groups in total. The highest BCUT2D eigenvalue weighted by molar-refractivity contribution is 7.22. The predicted octanol–water partition coefficient (Wildman–Crippen LogP) is 3.73. The van der Waals surface area contributed by atoms with E-state index in [1.807, 2.05) is 12.1 Å². The minimum Gasteiger partial charge on any atom is -0.446 e. The second-order valence-corrected chi connectivity index (χ2v) is 11.0. The van der Waals surface area contributed by atoms with Crippen LogP contribution in [0, 0.1) is 29.1 Å². The molecule has 3 atom stereocenters. The number of hydrogen-bond donors (Lipinski definition) is 2. The SMILES string of the molecule is N#Cc1ccc2nc(NC3CCN(C(=O)OC4C5CC6CC4CC(O)(C6)C5)C3)sc2c1. The number of aromatic nitrogens is 1. The number of nitriles is 1. The fraction of sp³-hybridized carbons (Fsp3) is 0.609. The molecule has 1 aromatic heterocycles. The van der Waals surface area contributed by atoms with Crippen LogP contribution in [0.1, 0.15) is 44.1 Å².